The number of rotatable bonds is 2. The second kappa shape index (κ2) is 4.28. The van der Waals surface area contributed by atoms with Crippen LogP contribution < -0.4 is 0 Å². The second-order valence-electron chi connectivity index (χ2n) is 3.57. The second-order valence-corrected chi connectivity index (χ2v) is 3.83. The van der Waals surface area contributed by atoms with Crippen LogP contribution in [0.5, 0.6) is 0 Å². The maximum atomic E-state index is 5.82. The van der Waals surface area contributed by atoms with E-state index < -0.39 is 0 Å². The Hall–Kier alpha value is -0.610. The zero-order valence-electron chi connectivity index (χ0n) is 8.24. The predicted octanol–water partition coefficient (Wildman–Crippen LogP) is 1.45. The van der Waals surface area contributed by atoms with Crippen molar-refractivity contribution in [3.8, 4) is 0 Å². The van der Waals surface area contributed by atoms with Crippen LogP contribution in [0.4, 0.5) is 0 Å². The van der Waals surface area contributed by atoms with E-state index in [0.717, 1.165) is 31.7 Å². The lowest BCUT2D eigenvalue weighted by Crippen LogP contribution is -2.17. The summed E-state index contributed by atoms with van der Waals surface area (Å²) in [6.45, 7) is 1.66. The number of aromatic nitrogens is 3. The highest BCUT2D eigenvalue weighted by atomic mass is 35.5. The van der Waals surface area contributed by atoms with Gasteiger partial charge in [0, 0.05) is 26.2 Å². The summed E-state index contributed by atoms with van der Waals surface area (Å²) in [4.78, 5) is 0. The fourth-order valence-corrected chi connectivity index (χ4v) is 2.16. The molecular weight excluding hydrogens is 202 g/mol. The Kier molecular flexibility index (Phi) is 3.03. The first-order valence-electron chi connectivity index (χ1n) is 4.85. The Labute approximate surface area is 88.2 Å². The van der Waals surface area contributed by atoms with Crippen LogP contribution in [0.25, 0.3) is 0 Å². The molecule has 0 aromatic carbocycles. The summed E-state index contributed by atoms with van der Waals surface area (Å²) in [5, 5.41) is 8.05. The van der Waals surface area contributed by atoms with E-state index in [0.29, 0.717) is 11.8 Å². The summed E-state index contributed by atoms with van der Waals surface area (Å²) in [6, 6.07) is 0. The van der Waals surface area contributed by atoms with Gasteiger partial charge in [-0.2, -0.15) is 0 Å². The summed E-state index contributed by atoms with van der Waals surface area (Å²) in [7, 11) is 1.92. The maximum Gasteiger partial charge on any atom is 0.101 e. The van der Waals surface area contributed by atoms with Gasteiger partial charge in [0.15, 0.2) is 0 Å². The van der Waals surface area contributed by atoms with Crippen molar-refractivity contribution in [1.82, 2.24) is 15.0 Å². The first kappa shape index (κ1) is 9.93. The number of nitrogens with zero attached hydrogens (tertiary/aromatic N) is 3. The van der Waals surface area contributed by atoms with Crippen LogP contribution in [-0.2, 0) is 17.7 Å². The van der Waals surface area contributed by atoms with Crippen LogP contribution in [0.1, 0.15) is 30.1 Å². The normalized spacial score (nSPS) is 18.7. The van der Waals surface area contributed by atoms with E-state index in [4.69, 9.17) is 16.3 Å². The lowest BCUT2D eigenvalue weighted by molar-refractivity contribution is 0.0836. The highest BCUT2D eigenvalue weighted by molar-refractivity contribution is 6.16. The number of halogens is 1. The summed E-state index contributed by atoms with van der Waals surface area (Å²) in [5.41, 5.74) is 2.10. The van der Waals surface area contributed by atoms with Crippen LogP contribution in [0.15, 0.2) is 0 Å². The number of ether oxygens (including phenoxy) is 1. The molecular formula is C9H14ClN3O. The Morgan fingerprint density at radius 3 is 2.86 bits per heavy atom. The van der Waals surface area contributed by atoms with Gasteiger partial charge in [0.25, 0.3) is 0 Å². The summed E-state index contributed by atoms with van der Waals surface area (Å²) >= 11 is 5.82. The van der Waals surface area contributed by atoms with E-state index >= 15 is 0 Å². The molecule has 4 nitrogen and oxygen atoms in total. The number of hydrogen-bond acceptors (Lipinski definition) is 3. The zero-order valence-corrected chi connectivity index (χ0v) is 9.00. The molecule has 0 bridgehead atoms. The highest BCUT2D eigenvalue weighted by Crippen LogP contribution is 2.28. The molecule has 1 aliphatic heterocycles. The maximum absolute atomic E-state index is 5.82. The molecule has 0 saturated carbocycles. The van der Waals surface area contributed by atoms with Crippen LogP contribution >= 0.6 is 11.6 Å². The fraction of sp³-hybridized carbons (Fsp3) is 0.778. The molecule has 1 aliphatic rings. The summed E-state index contributed by atoms with van der Waals surface area (Å²) < 4.78 is 7.17. The average Bonchev–Trinajstić information content (AvgIpc) is 2.61. The lowest BCUT2D eigenvalue weighted by atomic mass is 9.95. The topological polar surface area (TPSA) is 39.9 Å². The minimum atomic E-state index is 0.445. The minimum absolute atomic E-state index is 0.445. The number of aryl methyl sites for hydroxylation is 1. The summed E-state index contributed by atoms with van der Waals surface area (Å²) in [5.74, 6) is 0.957. The Balaban J connectivity index is 2.23. The first-order chi connectivity index (χ1) is 6.83. The Morgan fingerprint density at radius 2 is 2.21 bits per heavy atom. The summed E-state index contributed by atoms with van der Waals surface area (Å²) in [6.07, 6.45) is 2.09. The number of alkyl halides is 1. The van der Waals surface area contributed by atoms with Gasteiger partial charge in [-0.1, -0.05) is 5.21 Å². The molecule has 1 saturated heterocycles. The van der Waals surface area contributed by atoms with Gasteiger partial charge < -0.3 is 4.74 Å². The smallest absolute Gasteiger partial charge is 0.101 e. The number of hydrogen-bond donors (Lipinski definition) is 0. The Bertz CT molecular complexity index is 307. The molecule has 0 aliphatic carbocycles. The first-order valence-corrected chi connectivity index (χ1v) is 5.38. The third-order valence-corrected chi connectivity index (χ3v) is 2.93. The van der Waals surface area contributed by atoms with Crippen molar-refractivity contribution in [2.24, 2.45) is 7.05 Å². The molecule has 2 heterocycles. The molecule has 14 heavy (non-hydrogen) atoms. The molecule has 5 heteroatoms. The van der Waals surface area contributed by atoms with Gasteiger partial charge in [-0.05, 0) is 12.8 Å². The molecule has 1 aromatic heterocycles. The predicted molar refractivity (Wildman–Crippen MR) is 53.4 cm³/mol. The highest BCUT2D eigenvalue weighted by Gasteiger charge is 2.22. The third-order valence-electron chi connectivity index (χ3n) is 2.68. The van der Waals surface area contributed by atoms with E-state index in [1.165, 1.54) is 5.69 Å². The van der Waals surface area contributed by atoms with Crippen molar-refractivity contribution in [1.29, 1.82) is 0 Å². The standard InChI is InChI=1S/C9H14ClN3O/c1-13-9(8(6-10)11-12-13)7-2-4-14-5-3-7/h7H,2-6H2,1H3. The van der Waals surface area contributed by atoms with E-state index in [1.807, 2.05) is 11.7 Å². The van der Waals surface area contributed by atoms with Gasteiger partial charge >= 0.3 is 0 Å². The van der Waals surface area contributed by atoms with Gasteiger partial charge in [0.05, 0.1) is 11.6 Å². The van der Waals surface area contributed by atoms with E-state index in [1.54, 1.807) is 0 Å². The molecule has 0 radical (unpaired) electrons. The van der Waals surface area contributed by atoms with Gasteiger partial charge in [0.1, 0.15) is 5.69 Å². The van der Waals surface area contributed by atoms with Crippen LogP contribution in [0, 0.1) is 0 Å². The zero-order chi connectivity index (χ0) is 9.97. The van der Waals surface area contributed by atoms with E-state index in [2.05, 4.69) is 10.3 Å². The molecule has 78 valence electrons. The van der Waals surface area contributed by atoms with Crippen molar-refractivity contribution >= 4 is 11.6 Å². The fourth-order valence-electron chi connectivity index (χ4n) is 1.97. The van der Waals surface area contributed by atoms with Gasteiger partial charge in [0.2, 0.25) is 0 Å². The van der Waals surface area contributed by atoms with Crippen LogP contribution in [0.2, 0.25) is 0 Å². The average molecular weight is 216 g/mol. The molecule has 1 aromatic rings. The van der Waals surface area contributed by atoms with Crippen molar-refractivity contribution in [3.05, 3.63) is 11.4 Å². The quantitative estimate of drug-likeness (QED) is 0.702. The minimum Gasteiger partial charge on any atom is -0.381 e. The van der Waals surface area contributed by atoms with Gasteiger partial charge in [-0.15, -0.1) is 16.7 Å². The van der Waals surface area contributed by atoms with Crippen LogP contribution in [-0.4, -0.2) is 28.2 Å². The molecule has 0 spiro atoms. The molecule has 1 fully saturated rings. The van der Waals surface area contributed by atoms with E-state index in [-0.39, 0.29) is 0 Å². The van der Waals surface area contributed by atoms with Gasteiger partial charge in [-0.25, -0.2) is 0 Å². The molecule has 0 amide bonds. The van der Waals surface area contributed by atoms with E-state index in [9.17, 15) is 0 Å². The van der Waals surface area contributed by atoms with Gasteiger partial charge in [-0.3, -0.25) is 4.68 Å². The molecule has 0 atom stereocenters. The van der Waals surface area contributed by atoms with Crippen LogP contribution in [0.3, 0.4) is 0 Å². The Morgan fingerprint density at radius 1 is 1.50 bits per heavy atom. The van der Waals surface area contributed by atoms with Crippen molar-refractivity contribution in [3.63, 3.8) is 0 Å². The van der Waals surface area contributed by atoms with Crippen molar-refractivity contribution in [2.75, 3.05) is 13.2 Å². The SMILES string of the molecule is Cn1nnc(CCl)c1C1CCOCC1. The van der Waals surface area contributed by atoms with Crippen molar-refractivity contribution < 1.29 is 4.74 Å². The monoisotopic (exact) mass is 215 g/mol. The van der Waals surface area contributed by atoms with Crippen molar-refractivity contribution in [2.45, 2.75) is 24.6 Å². The molecule has 0 N–H and O–H groups in total. The third kappa shape index (κ3) is 1.77. The molecule has 2 rings (SSSR count). The largest absolute Gasteiger partial charge is 0.381 e. The lowest BCUT2D eigenvalue weighted by Gasteiger charge is -2.22. The molecule has 0 unspecified atom stereocenters.